The first-order chi connectivity index (χ1) is 9.02. The average molecular weight is 415 g/mol. The van der Waals surface area contributed by atoms with Crippen molar-refractivity contribution >= 4 is 41.9 Å². The number of alkyl halides is 1. The highest BCUT2D eigenvalue weighted by molar-refractivity contribution is 9.10. The molecule has 0 aliphatic carbocycles. The van der Waals surface area contributed by atoms with Crippen LogP contribution in [0.1, 0.15) is 6.92 Å². The van der Waals surface area contributed by atoms with Crippen LogP contribution in [-0.2, 0) is 14.8 Å². The molecule has 108 valence electrons. The van der Waals surface area contributed by atoms with E-state index in [-0.39, 0.29) is 0 Å². The summed E-state index contributed by atoms with van der Waals surface area (Å²) in [5.41, 5.74) is 0. The Bertz CT molecular complexity index is 476. The summed E-state index contributed by atoms with van der Waals surface area (Å²) < 4.78 is 32.4. The van der Waals surface area contributed by atoms with Gasteiger partial charge in [0.05, 0.1) is 18.1 Å². The van der Waals surface area contributed by atoms with Crippen LogP contribution < -0.4 is 0 Å². The quantitative estimate of drug-likeness (QED) is 0.485. The van der Waals surface area contributed by atoms with Crippen molar-refractivity contribution in [2.45, 2.75) is 11.8 Å². The minimum absolute atomic E-state index is 0.304. The van der Waals surface area contributed by atoms with Gasteiger partial charge in [0.2, 0.25) is 10.0 Å². The van der Waals surface area contributed by atoms with Crippen LogP contribution >= 0.6 is 31.9 Å². The number of ether oxygens (including phenoxy) is 1. The molecule has 0 heterocycles. The van der Waals surface area contributed by atoms with Gasteiger partial charge in [-0.2, -0.15) is 4.31 Å². The zero-order valence-electron chi connectivity index (χ0n) is 10.7. The van der Waals surface area contributed by atoms with E-state index in [9.17, 15) is 8.42 Å². The topological polar surface area (TPSA) is 46.6 Å². The highest BCUT2D eigenvalue weighted by Crippen LogP contribution is 2.18. The Morgan fingerprint density at radius 3 is 2.37 bits per heavy atom. The molecule has 0 saturated heterocycles. The van der Waals surface area contributed by atoms with Crippen LogP contribution in [-0.4, -0.2) is 44.4 Å². The van der Waals surface area contributed by atoms with E-state index in [0.717, 1.165) is 9.80 Å². The molecule has 1 aromatic carbocycles. The summed E-state index contributed by atoms with van der Waals surface area (Å²) in [6.07, 6.45) is 0. The first kappa shape index (κ1) is 17.1. The van der Waals surface area contributed by atoms with Gasteiger partial charge in [0.15, 0.2) is 0 Å². The predicted octanol–water partition coefficient (Wildman–Crippen LogP) is 2.87. The summed E-state index contributed by atoms with van der Waals surface area (Å²) in [6.45, 7) is 3.59. The molecule has 0 spiro atoms. The molecule has 0 N–H and O–H groups in total. The molecule has 19 heavy (non-hydrogen) atoms. The summed E-state index contributed by atoms with van der Waals surface area (Å²) in [4.78, 5) is 0.304. The number of benzene rings is 1. The van der Waals surface area contributed by atoms with Crippen LogP contribution in [0.25, 0.3) is 0 Å². The minimum Gasteiger partial charge on any atom is -0.379 e. The van der Waals surface area contributed by atoms with Gasteiger partial charge in [-0.25, -0.2) is 8.42 Å². The van der Waals surface area contributed by atoms with Crippen LogP contribution in [0, 0.1) is 0 Å². The average Bonchev–Trinajstić information content (AvgIpc) is 2.39. The van der Waals surface area contributed by atoms with Gasteiger partial charge in [0.1, 0.15) is 0 Å². The standard InChI is InChI=1S/C12H17Br2NO3S/c1-2-15(8-10-18-9-7-13)19(16,17)12-5-3-11(14)4-6-12/h3-6H,2,7-10H2,1H3. The third-order valence-electron chi connectivity index (χ3n) is 2.51. The third kappa shape index (κ3) is 5.15. The number of rotatable bonds is 8. The maximum atomic E-state index is 12.4. The molecule has 0 aliphatic rings. The zero-order chi connectivity index (χ0) is 14.3. The SMILES string of the molecule is CCN(CCOCCBr)S(=O)(=O)c1ccc(Br)cc1. The van der Waals surface area contributed by atoms with Crippen molar-refractivity contribution in [1.29, 1.82) is 0 Å². The Morgan fingerprint density at radius 1 is 1.21 bits per heavy atom. The Morgan fingerprint density at radius 2 is 1.84 bits per heavy atom. The lowest BCUT2D eigenvalue weighted by atomic mass is 10.4. The maximum absolute atomic E-state index is 12.4. The van der Waals surface area contributed by atoms with E-state index in [1.165, 1.54) is 4.31 Å². The van der Waals surface area contributed by atoms with Gasteiger partial charge in [-0.3, -0.25) is 0 Å². The van der Waals surface area contributed by atoms with Crippen molar-refractivity contribution in [2.75, 3.05) is 31.6 Å². The molecule has 0 saturated carbocycles. The van der Waals surface area contributed by atoms with Crippen molar-refractivity contribution in [1.82, 2.24) is 4.31 Å². The van der Waals surface area contributed by atoms with Crippen LogP contribution in [0.4, 0.5) is 0 Å². The maximum Gasteiger partial charge on any atom is 0.243 e. The van der Waals surface area contributed by atoms with Crippen molar-refractivity contribution < 1.29 is 13.2 Å². The number of hydrogen-bond acceptors (Lipinski definition) is 3. The van der Waals surface area contributed by atoms with E-state index in [4.69, 9.17) is 4.74 Å². The lowest BCUT2D eigenvalue weighted by molar-refractivity contribution is 0.138. The van der Waals surface area contributed by atoms with Gasteiger partial charge in [0, 0.05) is 22.9 Å². The Hall–Kier alpha value is 0.0500. The van der Waals surface area contributed by atoms with Crippen molar-refractivity contribution in [3.8, 4) is 0 Å². The second kappa shape index (κ2) is 8.36. The normalized spacial score (nSPS) is 12.0. The second-order valence-corrected chi connectivity index (χ2v) is 7.40. The molecule has 0 aromatic heterocycles. The highest BCUT2D eigenvalue weighted by atomic mass is 79.9. The van der Waals surface area contributed by atoms with Gasteiger partial charge in [-0.05, 0) is 24.3 Å². The summed E-state index contributed by atoms with van der Waals surface area (Å²) in [6, 6.07) is 6.65. The van der Waals surface area contributed by atoms with E-state index >= 15 is 0 Å². The Kier molecular flexibility index (Phi) is 7.53. The predicted molar refractivity (Wildman–Crippen MR) is 83.2 cm³/mol. The van der Waals surface area contributed by atoms with Crippen molar-refractivity contribution in [2.24, 2.45) is 0 Å². The lowest BCUT2D eigenvalue weighted by Gasteiger charge is -2.20. The van der Waals surface area contributed by atoms with Crippen LogP contribution in [0.15, 0.2) is 33.6 Å². The molecular weight excluding hydrogens is 398 g/mol. The van der Waals surface area contributed by atoms with E-state index in [1.807, 2.05) is 6.92 Å². The van der Waals surface area contributed by atoms with E-state index in [2.05, 4.69) is 31.9 Å². The smallest absolute Gasteiger partial charge is 0.243 e. The monoisotopic (exact) mass is 413 g/mol. The van der Waals surface area contributed by atoms with Gasteiger partial charge in [-0.15, -0.1) is 0 Å². The molecule has 0 radical (unpaired) electrons. The van der Waals surface area contributed by atoms with Gasteiger partial charge < -0.3 is 4.74 Å². The largest absolute Gasteiger partial charge is 0.379 e. The molecule has 0 aliphatic heterocycles. The van der Waals surface area contributed by atoms with E-state index < -0.39 is 10.0 Å². The molecule has 0 amide bonds. The van der Waals surface area contributed by atoms with Crippen LogP contribution in [0.2, 0.25) is 0 Å². The fraction of sp³-hybridized carbons (Fsp3) is 0.500. The van der Waals surface area contributed by atoms with E-state index in [0.29, 0.717) is 31.2 Å². The van der Waals surface area contributed by atoms with Gasteiger partial charge in [-0.1, -0.05) is 38.8 Å². The number of sulfonamides is 1. The summed E-state index contributed by atoms with van der Waals surface area (Å²) in [5, 5.41) is 0.749. The van der Waals surface area contributed by atoms with Crippen molar-refractivity contribution in [3.63, 3.8) is 0 Å². The molecule has 1 aromatic rings. The summed E-state index contributed by atoms with van der Waals surface area (Å²) >= 11 is 6.55. The van der Waals surface area contributed by atoms with Gasteiger partial charge in [0.25, 0.3) is 0 Å². The lowest BCUT2D eigenvalue weighted by Crippen LogP contribution is -2.34. The molecule has 4 nitrogen and oxygen atoms in total. The fourth-order valence-corrected chi connectivity index (χ4v) is 3.45. The van der Waals surface area contributed by atoms with Crippen molar-refractivity contribution in [3.05, 3.63) is 28.7 Å². The summed E-state index contributed by atoms with van der Waals surface area (Å²) in [5.74, 6) is 0. The molecule has 7 heteroatoms. The number of likely N-dealkylation sites (N-methyl/N-ethyl adjacent to an activating group) is 1. The second-order valence-electron chi connectivity index (χ2n) is 3.75. The van der Waals surface area contributed by atoms with Gasteiger partial charge >= 0.3 is 0 Å². The number of nitrogens with zero attached hydrogens (tertiary/aromatic N) is 1. The fourth-order valence-electron chi connectivity index (χ4n) is 1.53. The number of halogens is 2. The summed E-state index contributed by atoms with van der Waals surface area (Å²) in [7, 11) is -3.43. The first-order valence-corrected chi connectivity index (χ1v) is 9.27. The molecule has 0 bridgehead atoms. The molecule has 0 unspecified atom stereocenters. The Labute approximate surface area is 131 Å². The first-order valence-electron chi connectivity index (χ1n) is 5.91. The molecule has 0 fully saturated rings. The zero-order valence-corrected chi connectivity index (χ0v) is 14.7. The van der Waals surface area contributed by atoms with E-state index in [1.54, 1.807) is 24.3 Å². The van der Waals surface area contributed by atoms with Crippen LogP contribution in [0.3, 0.4) is 0 Å². The molecular formula is C12H17Br2NO3S. The minimum atomic E-state index is -3.43. The molecule has 1 rings (SSSR count). The highest BCUT2D eigenvalue weighted by Gasteiger charge is 2.22. The molecule has 0 atom stereocenters. The number of hydrogen-bond donors (Lipinski definition) is 0. The van der Waals surface area contributed by atoms with Crippen LogP contribution in [0.5, 0.6) is 0 Å². The third-order valence-corrected chi connectivity index (χ3v) is 5.35. The Balaban J connectivity index is 2.75.